The molecule has 0 unspecified atom stereocenters. The van der Waals surface area contributed by atoms with Gasteiger partial charge in [-0.1, -0.05) is 0 Å². The molecular formula is C9H12N4O. The lowest BCUT2D eigenvalue weighted by molar-refractivity contribution is 0.565. The zero-order chi connectivity index (χ0) is 9.97. The van der Waals surface area contributed by atoms with Crippen LogP contribution in [0.4, 0.5) is 11.8 Å². The molecule has 0 bridgehead atoms. The fraction of sp³-hybridized carbons (Fsp3) is 0.556. The van der Waals surface area contributed by atoms with E-state index in [1.807, 2.05) is 11.6 Å². The third-order valence-corrected chi connectivity index (χ3v) is 2.39. The van der Waals surface area contributed by atoms with Crippen LogP contribution in [0.15, 0.2) is 11.2 Å². The third-order valence-electron chi connectivity index (χ3n) is 2.39. The second kappa shape index (κ2) is 3.64. The predicted molar refractivity (Wildman–Crippen MR) is 52.5 cm³/mol. The summed E-state index contributed by atoms with van der Waals surface area (Å²) in [6, 6.07) is 0. The van der Waals surface area contributed by atoms with Crippen molar-refractivity contribution < 1.29 is 4.79 Å². The fourth-order valence-corrected chi connectivity index (χ4v) is 1.69. The van der Waals surface area contributed by atoms with Crippen LogP contribution in [0, 0.1) is 0 Å². The predicted octanol–water partition coefficient (Wildman–Crippen LogP) is 1.08. The van der Waals surface area contributed by atoms with Crippen molar-refractivity contribution in [3.8, 4) is 0 Å². The summed E-state index contributed by atoms with van der Waals surface area (Å²) in [7, 11) is 2.00. The molecule has 0 atom stereocenters. The van der Waals surface area contributed by atoms with Gasteiger partial charge in [-0.15, -0.1) is 4.99 Å². The summed E-state index contributed by atoms with van der Waals surface area (Å²) >= 11 is 0. The second-order valence-electron chi connectivity index (χ2n) is 3.42. The molecule has 1 aliphatic rings. The highest BCUT2D eigenvalue weighted by Crippen LogP contribution is 2.21. The van der Waals surface area contributed by atoms with Crippen LogP contribution in [0.3, 0.4) is 0 Å². The second-order valence-corrected chi connectivity index (χ2v) is 3.42. The summed E-state index contributed by atoms with van der Waals surface area (Å²) in [6.45, 7) is 1.95. The molecule has 0 fully saturated rings. The van der Waals surface area contributed by atoms with Crippen molar-refractivity contribution in [3.05, 3.63) is 6.20 Å². The Morgan fingerprint density at radius 1 is 1.50 bits per heavy atom. The van der Waals surface area contributed by atoms with Crippen molar-refractivity contribution in [3.63, 3.8) is 0 Å². The number of imidazole rings is 1. The van der Waals surface area contributed by atoms with E-state index in [1.165, 1.54) is 12.5 Å². The van der Waals surface area contributed by atoms with E-state index in [1.54, 1.807) is 6.20 Å². The maximum Gasteiger partial charge on any atom is 0.242 e. The minimum absolute atomic E-state index is 0.448. The highest BCUT2D eigenvalue weighted by molar-refractivity contribution is 5.48. The number of rotatable bonds is 1. The number of hydrogen-bond acceptors (Lipinski definition) is 4. The van der Waals surface area contributed by atoms with Crippen molar-refractivity contribution in [2.24, 2.45) is 4.99 Å². The number of anilines is 1. The highest BCUT2D eigenvalue weighted by Gasteiger charge is 2.14. The molecule has 5 heteroatoms. The maximum atomic E-state index is 10.1. The van der Waals surface area contributed by atoms with Crippen LogP contribution in [0.2, 0.25) is 0 Å². The van der Waals surface area contributed by atoms with E-state index in [4.69, 9.17) is 0 Å². The zero-order valence-corrected chi connectivity index (χ0v) is 8.10. The fourth-order valence-electron chi connectivity index (χ4n) is 1.69. The van der Waals surface area contributed by atoms with Crippen LogP contribution < -0.4 is 4.90 Å². The molecule has 1 aromatic heterocycles. The lowest BCUT2D eigenvalue weighted by Gasteiger charge is -2.14. The first-order valence-corrected chi connectivity index (χ1v) is 4.67. The van der Waals surface area contributed by atoms with E-state index in [-0.39, 0.29) is 0 Å². The lowest BCUT2D eigenvalue weighted by atomic mass is 10.3. The van der Waals surface area contributed by atoms with Gasteiger partial charge in [-0.05, 0) is 12.8 Å². The smallest absolute Gasteiger partial charge is 0.242 e. The molecule has 0 aliphatic carbocycles. The summed E-state index contributed by atoms with van der Waals surface area (Å²) < 4.78 is 2.03. The molecule has 0 amide bonds. The molecule has 0 aromatic carbocycles. The number of fused-ring (bicyclic) bond motifs is 1. The average molecular weight is 192 g/mol. The first-order valence-electron chi connectivity index (χ1n) is 4.67. The molecule has 2 heterocycles. The number of aryl methyl sites for hydroxylation is 1. The van der Waals surface area contributed by atoms with E-state index in [9.17, 15) is 4.79 Å². The molecule has 74 valence electrons. The first-order chi connectivity index (χ1) is 6.81. The molecule has 0 spiro atoms. The summed E-state index contributed by atoms with van der Waals surface area (Å²) in [5, 5.41) is 0. The van der Waals surface area contributed by atoms with Gasteiger partial charge in [0.05, 0.1) is 6.20 Å². The molecular weight excluding hydrogens is 180 g/mol. The van der Waals surface area contributed by atoms with Crippen LogP contribution >= 0.6 is 0 Å². The minimum atomic E-state index is 0.448. The Labute approximate surface area is 82.1 Å². The van der Waals surface area contributed by atoms with Crippen LogP contribution in [-0.4, -0.2) is 29.2 Å². The van der Waals surface area contributed by atoms with Gasteiger partial charge >= 0.3 is 0 Å². The van der Waals surface area contributed by atoms with Gasteiger partial charge in [-0.2, -0.15) is 4.98 Å². The van der Waals surface area contributed by atoms with Gasteiger partial charge in [-0.25, -0.2) is 4.79 Å². The van der Waals surface area contributed by atoms with Gasteiger partial charge in [0.25, 0.3) is 0 Å². The van der Waals surface area contributed by atoms with E-state index >= 15 is 0 Å². The SMILES string of the molecule is CN1CCCCn2cc(N=C=O)nc21. The minimum Gasteiger partial charge on any atom is -0.345 e. The quantitative estimate of drug-likeness (QED) is 0.494. The topological polar surface area (TPSA) is 50.5 Å². The van der Waals surface area contributed by atoms with Crippen molar-refractivity contribution in [1.29, 1.82) is 0 Å². The van der Waals surface area contributed by atoms with Crippen LogP contribution in [0.5, 0.6) is 0 Å². The Morgan fingerprint density at radius 3 is 3.07 bits per heavy atom. The molecule has 2 rings (SSSR count). The van der Waals surface area contributed by atoms with Crippen LogP contribution in [-0.2, 0) is 11.3 Å². The van der Waals surface area contributed by atoms with Gasteiger partial charge in [0.15, 0.2) is 5.82 Å². The molecule has 0 saturated heterocycles. The molecule has 14 heavy (non-hydrogen) atoms. The maximum absolute atomic E-state index is 10.1. The molecule has 5 nitrogen and oxygen atoms in total. The lowest BCUT2D eigenvalue weighted by Crippen LogP contribution is -2.19. The summed E-state index contributed by atoms with van der Waals surface area (Å²) in [6.07, 6.45) is 5.61. The number of aliphatic imine (C=N–C) groups is 1. The Hall–Kier alpha value is -1.61. The molecule has 1 aromatic rings. The Balaban J connectivity index is 2.38. The van der Waals surface area contributed by atoms with Gasteiger partial charge in [-0.3, -0.25) is 0 Å². The van der Waals surface area contributed by atoms with Gasteiger partial charge in [0.2, 0.25) is 12.0 Å². The van der Waals surface area contributed by atoms with Crippen LogP contribution in [0.25, 0.3) is 0 Å². The summed E-state index contributed by atoms with van der Waals surface area (Å²) in [5.41, 5.74) is 0. The van der Waals surface area contributed by atoms with Crippen molar-refractivity contribution in [1.82, 2.24) is 9.55 Å². The monoisotopic (exact) mass is 192 g/mol. The molecule has 0 saturated carbocycles. The van der Waals surface area contributed by atoms with E-state index in [0.717, 1.165) is 25.5 Å². The average Bonchev–Trinajstić information content (AvgIpc) is 2.49. The molecule has 0 N–H and O–H groups in total. The number of hydrogen-bond donors (Lipinski definition) is 0. The van der Waals surface area contributed by atoms with E-state index < -0.39 is 0 Å². The molecule has 0 radical (unpaired) electrons. The normalized spacial score (nSPS) is 15.6. The van der Waals surface area contributed by atoms with Crippen molar-refractivity contribution in [2.75, 3.05) is 18.5 Å². The largest absolute Gasteiger partial charge is 0.345 e. The van der Waals surface area contributed by atoms with Crippen LogP contribution in [0.1, 0.15) is 12.8 Å². The first kappa shape index (κ1) is 8.97. The number of nitrogens with zero attached hydrogens (tertiary/aromatic N) is 4. The number of aromatic nitrogens is 2. The van der Waals surface area contributed by atoms with Crippen molar-refractivity contribution >= 4 is 17.8 Å². The van der Waals surface area contributed by atoms with E-state index in [2.05, 4.69) is 14.9 Å². The standard InChI is InChI=1S/C9H12N4O/c1-12-4-2-3-5-13-6-8(10-7-14)11-9(12)13/h6H,2-5H2,1H3. The van der Waals surface area contributed by atoms with Gasteiger partial charge in [0, 0.05) is 20.1 Å². The number of carbonyl (C=O) groups excluding carboxylic acids is 1. The third kappa shape index (κ3) is 1.54. The Bertz CT molecular complexity index is 378. The van der Waals surface area contributed by atoms with Gasteiger partial charge in [0.1, 0.15) is 0 Å². The number of isocyanates is 1. The molecule has 1 aliphatic heterocycles. The van der Waals surface area contributed by atoms with E-state index in [0.29, 0.717) is 5.82 Å². The summed E-state index contributed by atoms with van der Waals surface area (Å²) in [4.78, 5) is 19.9. The Morgan fingerprint density at radius 2 is 2.29 bits per heavy atom. The zero-order valence-electron chi connectivity index (χ0n) is 8.10. The highest BCUT2D eigenvalue weighted by atomic mass is 16.1. The Kier molecular flexibility index (Phi) is 2.33. The van der Waals surface area contributed by atoms with Crippen molar-refractivity contribution in [2.45, 2.75) is 19.4 Å². The van der Waals surface area contributed by atoms with Gasteiger partial charge < -0.3 is 9.47 Å². The summed E-state index contributed by atoms with van der Waals surface area (Å²) in [5.74, 6) is 1.33.